The second-order valence-corrected chi connectivity index (χ2v) is 5.09. The highest BCUT2D eigenvalue weighted by atomic mass is 79.9. The van der Waals surface area contributed by atoms with Gasteiger partial charge in [0.2, 0.25) is 0 Å². The van der Waals surface area contributed by atoms with Crippen molar-refractivity contribution in [1.82, 2.24) is 5.32 Å². The number of benzene rings is 2. The van der Waals surface area contributed by atoms with Crippen LogP contribution in [0, 0.1) is 11.6 Å². The molecule has 19 heavy (non-hydrogen) atoms. The van der Waals surface area contributed by atoms with E-state index in [2.05, 4.69) is 21.2 Å². The van der Waals surface area contributed by atoms with Crippen LogP contribution in [0.4, 0.5) is 8.78 Å². The van der Waals surface area contributed by atoms with E-state index in [1.54, 1.807) is 30.3 Å². The Hall–Kier alpha value is -1.26. The van der Waals surface area contributed by atoms with Crippen LogP contribution in [0.5, 0.6) is 0 Å². The fraction of sp³-hybridized carbons (Fsp3) is 0.200. The Morgan fingerprint density at radius 2 is 1.74 bits per heavy atom. The van der Waals surface area contributed by atoms with Crippen LogP contribution in [0.1, 0.15) is 24.1 Å². The lowest BCUT2D eigenvalue weighted by atomic mass is 9.97. The molecule has 0 aromatic heterocycles. The smallest absolute Gasteiger partial charge is 0.129 e. The molecule has 2 aromatic rings. The Bertz CT molecular complexity index is 572. The highest BCUT2D eigenvalue weighted by molar-refractivity contribution is 9.10. The van der Waals surface area contributed by atoms with Crippen molar-refractivity contribution in [2.75, 3.05) is 6.54 Å². The van der Waals surface area contributed by atoms with Crippen molar-refractivity contribution in [3.8, 4) is 0 Å². The number of halogens is 3. The molecule has 0 amide bonds. The number of hydrogen-bond donors (Lipinski definition) is 1. The first kappa shape index (κ1) is 14.2. The van der Waals surface area contributed by atoms with E-state index in [1.807, 2.05) is 6.92 Å². The van der Waals surface area contributed by atoms with Crippen molar-refractivity contribution in [1.29, 1.82) is 0 Å². The Labute approximate surface area is 119 Å². The molecule has 0 bridgehead atoms. The third-order valence-corrected chi connectivity index (χ3v) is 3.39. The van der Waals surface area contributed by atoms with Crippen LogP contribution in [0.25, 0.3) is 0 Å². The molecule has 2 aromatic carbocycles. The molecular formula is C15H14BrF2N. The summed E-state index contributed by atoms with van der Waals surface area (Å²) in [5.41, 5.74) is 0.890. The summed E-state index contributed by atoms with van der Waals surface area (Å²) in [6.45, 7) is 2.53. The zero-order valence-electron chi connectivity index (χ0n) is 10.5. The first-order valence-electron chi connectivity index (χ1n) is 6.06. The summed E-state index contributed by atoms with van der Waals surface area (Å²) in [5, 5.41) is 3.12. The van der Waals surface area contributed by atoms with E-state index in [0.717, 1.165) is 0 Å². The summed E-state index contributed by atoms with van der Waals surface area (Å²) in [6, 6.07) is 10.8. The molecule has 1 atom stereocenters. The van der Waals surface area contributed by atoms with Crippen molar-refractivity contribution in [2.24, 2.45) is 0 Å². The topological polar surface area (TPSA) is 12.0 Å². The molecule has 0 radical (unpaired) electrons. The lowest BCUT2D eigenvalue weighted by Crippen LogP contribution is -2.24. The van der Waals surface area contributed by atoms with Crippen molar-refractivity contribution < 1.29 is 8.78 Å². The van der Waals surface area contributed by atoms with Crippen molar-refractivity contribution in [3.63, 3.8) is 0 Å². The van der Waals surface area contributed by atoms with Gasteiger partial charge in [-0.25, -0.2) is 8.78 Å². The fourth-order valence-corrected chi connectivity index (χ4v) is 2.37. The Kier molecular flexibility index (Phi) is 4.66. The summed E-state index contributed by atoms with van der Waals surface area (Å²) in [5.74, 6) is -0.695. The monoisotopic (exact) mass is 325 g/mol. The maximum absolute atomic E-state index is 14.0. The Morgan fingerprint density at radius 3 is 2.37 bits per heavy atom. The maximum Gasteiger partial charge on any atom is 0.129 e. The maximum atomic E-state index is 14.0. The van der Waals surface area contributed by atoms with Gasteiger partial charge in [0.05, 0.1) is 6.04 Å². The number of hydrogen-bond acceptors (Lipinski definition) is 1. The molecule has 1 N–H and O–H groups in total. The van der Waals surface area contributed by atoms with Gasteiger partial charge in [-0.2, -0.15) is 0 Å². The van der Waals surface area contributed by atoms with Crippen LogP contribution in [0.3, 0.4) is 0 Å². The second-order valence-electron chi connectivity index (χ2n) is 4.18. The van der Waals surface area contributed by atoms with Crippen LogP contribution >= 0.6 is 15.9 Å². The molecule has 0 heterocycles. The van der Waals surface area contributed by atoms with Crippen LogP contribution in [-0.4, -0.2) is 6.54 Å². The lowest BCUT2D eigenvalue weighted by Gasteiger charge is -2.20. The van der Waals surface area contributed by atoms with E-state index < -0.39 is 6.04 Å². The summed E-state index contributed by atoms with van der Waals surface area (Å²) >= 11 is 3.22. The lowest BCUT2D eigenvalue weighted by molar-refractivity contribution is 0.530. The predicted molar refractivity (Wildman–Crippen MR) is 76.0 cm³/mol. The Morgan fingerprint density at radius 1 is 1.05 bits per heavy atom. The van der Waals surface area contributed by atoms with Crippen LogP contribution < -0.4 is 5.32 Å². The predicted octanol–water partition coefficient (Wildman–Crippen LogP) is 4.43. The average molecular weight is 326 g/mol. The highest BCUT2D eigenvalue weighted by Crippen LogP contribution is 2.28. The fourth-order valence-electron chi connectivity index (χ4n) is 2.04. The molecular weight excluding hydrogens is 312 g/mol. The summed E-state index contributed by atoms with van der Waals surface area (Å²) in [4.78, 5) is 0. The van der Waals surface area contributed by atoms with E-state index >= 15 is 0 Å². The van der Waals surface area contributed by atoms with E-state index in [9.17, 15) is 8.78 Å². The average Bonchev–Trinajstić information content (AvgIpc) is 2.38. The molecule has 100 valence electrons. The van der Waals surface area contributed by atoms with Crippen molar-refractivity contribution >= 4 is 15.9 Å². The van der Waals surface area contributed by atoms with Gasteiger partial charge in [0.1, 0.15) is 11.6 Å². The number of rotatable bonds is 4. The second kappa shape index (κ2) is 6.26. The molecule has 0 saturated heterocycles. The standard InChI is InChI=1S/C15H14BrF2N/c1-2-19-15(11-5-3-4-6-13(11)17)12-8-7-10(16)9-14(12)18/h3-9,15,19H,2H2,1H3. The largest absolute Gasteiger partial charge is 0.306 e. The van der Waals surface area contributed by atoms with Crippen molar-refractivity contribution in [2.45, 2.75) is 13.0 Å². The van der Waals surface area contributed by atoms with Gasteiger partial charge >= 0.3 is 0 Å². The zero-order valence-corrected chi connectivity index (χ0v) is 12.0. The summed E-state index contributed by atoms with van der Waals surface area (Å²) in [6.07, 6.45) is 0. The molecule has 1 nitrogen and oxygen atoms in total. The Balaban J connectivity index is 2.48. The van der Waals surface area contributed by atoms with Crippen LogP contribution in [0.15, 0.2) is 46.9 Å². The first-order valence-corrected chi connectivity index (χ1v) is 6.85. The SMILES string of the molecule is CCNC(c1ccccc1F)c1ccc(Br)cc1F. The third kappa shape index (κ3) is 3.19. The van der Waals surface area contributed by atoms with Gasteiger partial charge in [-0.15, -0.1) is 0 Å². The quantitative estimate of drug-likeness (QED) is 0.877. The minimum Gasteiger partial charge on any atom is -0.306 e. The van der Waals surface area contributed by atoms with Gasteiger partial charge in [-0.1, -0.05) is 47.1 Å². The molecule has 0 aliphatic heterocycles. The highest BCUT2D eigenvalue weighted by Gasteiger charge is 2.19. The van der Waals surface area contributed by atoms with E-state index in [4.69, 9.17) is 0 Å². The van der Waals surface area contributed by atoms with Gasteiger partial charge in [0, 0.05) is 15.6 Å². The minimum absolute atomic E-state index is 0.337. The van der Waals surface area contributed by atoms with Gasteiger partial charge < -0.3 is 5.32 Å². The molecule has 2 rings (SSSR count). The zero-order chi connectivity index (χ0) is 13.8. The van der Waals surface area contributed by atoms with Crippen LogP contribution in [-0.2, 0) is 0 Å². The van der Waals surface area contributed by atoms with E-state index in [0.29, 0.717) is 22.1 Å². The first-order chi connectivity index (χ1) is 9.13. The van der Waals surface area contributed by atoms with Crippen molar-refractivity contribution in [3.05, 3.63) is 69.7 Å². The molecule has 4 heteroatoms. The van der Waals surface area contributed by atoms with E-state index in [1.165, 1.54) is 12.1 Å². The number of nitrogens with one attached hydrogen (secondary N) is 1. The molecule has 0 aliphatic rings. The van der Waals surface area contributed by atoms with Gasteiger partial charge in [0.15, 0.2) is 0 Å². The van der Waals surface area contributed by atoms with E-state index in [-0.39, 0.29) is 11.6 Å². The molecule has 1 unspecified atom stereocenters. The third-order valence-electron chi connectivity index (χ3n) is 2.90. The molecule has 0 fully saturated rings. The van der Waals surface area contributed by atoms with Gasteiger partial charge in [-0.3, -0.25) is 0 Å². The normalized spacial score (nSPS) is 12.4. The summed E-state index contributed by atoms with van der Waals surface area (Å²) in [7, 11) is 0. The summed E-state index contributed by atoms with van der Waals surface area (Å²) < 4.78 is 28.6. The van der Waals surface area contributed by atoms with Gasteiger partial charge in [-0.05, 0) is 24.7 Å². The molecule has 0 spiro atoms. The molecule has 0 aliphatic carbocycles. The molecule has 0 saturated carbocycles. The minimum atomic E-state index is -0.487. The van der Waals surface area contributed by atoms with Crippen LogP contribution in [0.2, 0.25) is 0 Å². The van der Waals surface area contributed by atoms with Gasteiger partial charge in [0.25, 0.3) is 0 Å².